The molecule has 1 amide bonds. The molecule has 1 atom stereocenters. The smallest absolute Gasteiger partial charge is 0.255 e. The minimum absolute atomic E-state index is 0.0270. The second-order valence-corrected chi connectivity index (χ2v) is 5.29. The summed E-state index contributed by atoms with van der Waals surface area (Å²) < 4.78 is 13.9. The number of amides is 1. The Bertz CT molecular complexity index is 651. The third kappa shape index (κ3) is 2.80. The van der Waals surface area contributed by atoms with Crippen molar-refractivity contribution in [3.63, 3.8) is 0 Å². The predicted octanol–water partition coefficient (Wildman–Crippen LogP) is 1.68. The van der Waals surface area contributed by atoms with Gasteiger partial charge in [0.15, 0.2) is 0 Å². The average Bonchev–Trinajstić information content (AvgIpc) is 3.21. The maximum atomic E-state index is 13.9. The van der Waals surface area contributed by atoms with Crippen LogP contribution in [0.2, 0.25) is 0 Å². The summed E-state index contributed by atoms with van der Waals surface area (Å²) in [4.78, 5) is 12.4. The Morgan fingerprint density at radius 1 is 1.48 bits per heavy atom. The van der Waals surface area contributed by atoms with Crippen molar-refractivity contribution in [3.8, 4) is 11.3 Å². The normalized spacial score (nSPS) is 15.7. The van der Waals surface area contributed by atoms with Gasteiger partial charge >= 0.3 is 0 Å². The summed E-state index contributed by atoms with van der Waals surface area (Å²) in [6.45, 7) is 0.406. The number of hydrogen-bond acceptors (Lipinski definition) is 3. The highest BCUT2D eigenvalue weighted by Gasteiger charge is 2.32. The fourth-order valence-electron chi connectivity index (χ4n) is 2.44. The van der Waals surface area contributed by atoms with Crippen LogP contribution in [0, 0.1) is 11.7 Å². The third-order valence-electron chi connectivity index (χ3n) is 3.79. The number of aromatic nitrogens is 2. The Morgan fingerprint density at radius 3 is 2.90 bits per heavy atom. The van der Waals surface area contributed by atoms with Crippen LogP contribution in [0.15, 0.2) is 30.5 Å². The number of carbonyl (C=O) groups excluding carboxylic acids is 1. The molecule has 0 radical (unpaired) electrons. The summed E-state index contributed by atoms with van der Waals surface area (Å²) >= 11 is 0. The van der Waals surface area contributed by atoms with E-state index in [1.165, 1.54) is 12.3 Å². The highest BCUT2D eigenvalue weighted by molar-refractivity contribution is 6.00. The van der Waals surface area contributed by atoms with Gasteiger partial charge in [-0.25, -0.2) is 4.39 Å². The third-order valence-corrected chi connectivity index (χ3v) is 3.79. The van der Waals surface area contributed by atoms with E-state index in [1.807, 2.05) is 0 Å². The highest BCUT2D eigenvalue weighted by atomic mass is 19.1. The molecule has 1 fully saturated rings. The largest absolute Gasteiger partial charge is 0.348 e. The Balaban J connectivity index is 1.85. The molecule has 0 aliphatic heterocycles. The molecule has 0 bridgehead atoms. The molecule has 1 heterocycles. The van der Waals surface area contributed by atoms with Gasteiger partial charge in [0.1, 0.15) is 5.82 Å². The van der Waals surface area contributed by atoms with Gasteiger partial charge in [-0.3, -0.25) is 9.89 Å². The first kappa shape index (κ1) is 13.8. The Hall–Kier alpha value is -2.21. The first-order chi connectivity index (χ1) is 10.2. The van der Waals surface area contributed by atoms with Crippen LogP contribution in [0.3, 0.4) is 0 Å². The number of carbonyl (C=O) groups is 1. The molecule has 1 aliphatic rings. The lowest BCUT2D eigenvalue weighted by Gasteiger charge is -2.16. The monoisotopic (exact) mass is 288 g/mol. The zero-order valence-electron chi connectivity index (χ0n) is 11.5. The van der Waals surface area contributed by atoms with Crippen LogP contribution in [-0.2, 0) is 0 Å². The summed E-state index contributed by atoms with van der Waals surface area (Å²) in [6.07, 6.45) is 3.60. The fraction of sp³-hybridized carbons (Fsp3) is 0.333. The van der Waals surface area contributed by atoms with E-state index >= 15 is 0 Å². The van der Waals surface area contributed by atoms with Gasteiger partial charge in [0.05, 0.1) is 17.5 Å². The number of halogens is 1. The Kier molecular flexibility index (Phi) is 3.70. The van der Waals surface area contributed by atoms with Gasteiger partial charge in [0.2, 0.25) is 0 Å². The first-order valence-electron chi connectivity index (χ1n) is 7.00. The van der Waals surface area contributed by atoms with E-state index in [-0.39, 0.29) is 11.9 Å². The van der Waals surface area contributed by atoms with Crippen LogP contribution < -0.4 is 11.1 Å². The number of aromatic amines is 1. The number of hydrogen-bond donors (Lipinski definition) is 3. The molecule has 3 rings (SSSR count). The number of H-pyrrole nitrogens is 1. The van der Waals surface area contributed by atoms with E-state index in [0.29, 0.717) is 29.3 Å². The zero-order valence-corrected chi connectivity index (χ0v) is 11.5. The van der Waals surface area contributed by atoms with E-state index in [0.717, 1.165) is 12.8 Å². The number of rotatable bonds is 5. The summed E-state index contributed by atoms with van der Waals surface area (Å²) in [6, 6.07) is 6.26. The quantitative estimate of drug-likeness (QED) is 0.782. The Morgan fingerprint density at radius 2 is 2.24 bits per heavy atom. The molecule has 6 heteroatoms. The molecule has 110 valence electrons. The molecule has 5 nitrogen and oxygen atoms in total. The van der Waals surface area contributed by atoms with Gasteiger partial charge in [-0.15, -0.1) is 0 Å². The van der Waals surface area contributed by atoms with E-state index < -0.39 is 5.82 Å². The van der Waals surface area contributed by atoms with Gasteiger partial charge in [-0.05, 0) is 30.9 Å². The maximum absolute atomic E-state index is 13.9. The first-order valence-corrected chi connectivity index (χ1v) is 7.00. The van der Waals surface area contributed by atoms with Gasteiger partial charge in [0.25, 0.3) is 5.91 Å². The highest BCUT2D eigenvalue weighted by Crippen LogP contribution is 2.32. The standard InChI is InChI=1S/C15H17FN4O/c16-12-4-2-1-3-10(12)14-11(8-18-20-14)15(21)19-13(7-17)9-5-6-9/h1-4,8-9,13H,5-7,17H2,(H,18,20)(H,19,21). The van der Waals surface area contributed by atoms with Crippen LogP contribution in [0.5, 0.6) is 0 Å². The van der Waals surface area contributed by atoms with Crippen LogP contribution in [-0.4, -0.2) is 28.7 Å². The van der Waals surface area contributed by atoms with E-state index in [9.17, 15) is 9.18 Å². The molecule has 1 unspecified atom stereocenters. The van der Waals surface area contributed by atoms with E-state index in [4.69, 9.17) is 5.73 Å². The number of nitrogens with one attached hydrogen (secondary N) is 2. The van der Waals surface area contributed by atoms with Crippen molar-refractivity contribution in [1.29, 1.82) is 0 Å². The molecular weight excluding hydrogens is 271 g/mol. The van der Waals surface area contributed by atoms with Crippen LogP contribution in [0.4, 0.5) is 4.39 Å². The summed E-state index contributed by atoms with van der Waals surface area (Å²) in [5, 5.41) is 9.48. The second kappa shape index (κ2) is 5.65. The minimum atomic E-state index is -0.395. The van der Waals surface area contributed by atoms with Crippen LogP contribution >= 0.6 is 0 Å². The molecule has 0 spiro atoms. The molecule has 2 aromatic rings. The predicted molar refractivity (Wildman–Crippen MR) is 77.0 cm³/mol. The van der Waals surface area contributed by atoms with E-state index in [2.05, 4.69) is 15.5 Å². The van der Waals surface area contributed by atoms with Crippen molar-refractivity contribution in [2.45, 2.75) is 18.9 Å². The zero-order chi connectivity index (χ0) is 14.8. The lowest BCUT2D eigenvalue weighted by atomic mass is 10.1. The van der Waals surface area contributed by atoms with Crippen LogP contribution in [0.1, 0.15) is 23.2 Å². The molecule has 0 saturated heterocycles. The second-order valence-electron chi connectivity index (χ2n) is 5.29. The van der Waals surface area contributed by atoms with Crippen molar-refractivity contribution in [3.05, 3.63) is 41.8 Å². The molecule has 1 aromatic carbocycles. The fourth-order valence-corrected chi connectivity index (χ4v) is 2.44. The molecule has 4 N–H and O–H groups in total. The summed E-state index contributed by atoms with van der Waals surface area (Å²) in [7, 11) is 0. The number of nitrogens with two attached hydrogens (primary N) is 1. The summed E-state index contributed by atoms with van der Waals surface area (Å²) in [5.74, 6) is -0.208. The van der Waals surface area contributed by atoms with Crippen molar-refractivity contribution < 1.29 is 9.18 Å². The van der Waals surface area contributed by atoms with Crippen molar-refractivity contribution in [2.24, 2.45) is 11.7 Å². The van der Waals surface area contributed by atoms with Gasteiger partial charge in [-0.1, -0.05) is 12.1 Å². The lowest BCUT2D eigenvalue weighted by molar-refractivity contribution is 0.0934. The SMILES string of the molecule is NCC(NC(=O)c1cn[nH]c1-c1ccccc1F)C1CC1. The van der Waals surface area contributed by atoms with Crippen molar-refractivity contribution in [2.75, 3.05) is 6.54 Å². The minimum Gasteiger partial charge on any atom is -0.348 e. The van der Waals surface area contributed by atoms with Crippen LogP contribution in [0.25, 0.3) is 11.3 Å². The average molecular weight is 288 g/mol. The summed E-state index contributed by atoms with van der Waals surface area (Å²) in [5.41, 5.74) is 6.74. The van der Waals surface area contributed by atoms with Gasteiger partial charge < -0.3 is 11.1 Å². The van der Waals surface area contributed by atoms with Gasteiger partial charge in [-0.2, -0.15) is 5.10 Å². The molecule has 1 aliphatic carbocycles. The topological polar surface area (TPSA) is 83.8 Å². The van der Waals surface area contributed by atoms with Crippen molar-refractivity contribution in [1.82, 2.24) is 15.5 Å². The number of benzene rings is 1. The van der Waals surface area contributed by atoms with E-state index in [1.54, 1.807) is 18.2 Å². The maximum Gasteiger partial charge on any atom is 0.255 e. The Labute approximate surface area is 121 Å². The molecule has 1 saturated carbocycles. The van der Waals surface area contributed by atoms with Gasteiger partial charge in [0, 0.05) is 18.2 Å². The number of nitrogens with zero attached hydrogens (tertiary/aromatic N) is 1. The molecular formula is C15H17FN4O. The molecule has 1 aromatic heterocycles. The van der Waals surface area contributed by atoms with Crippen molar-refractivity contribution >= 4 is 5.91 Å². The molecule has 21 heavy (non-hydrogen) atoms. The lowest BCUT2D eigenvalue weighted by Crippen LogP contribution is -2.41.